The van der Waals surface area contributed by atoms with Crippen molar-refractivity contribution in [2.24, 2.45) is 12.8 Å². The lowest BCUT2D eigenvalue weighted by Gasteiger charge is -2.11. The van der Waals surface area contributed by atoms with Crippen molar-refractivity contribution < 1.29 is 0 Å². The third-order valence-corrected chi connectivity index (χ3v) is 3.87. The first-order valence-corrected chi connectivity index (χ1v) is 7.21. The van der Waals surface area contributed by atoms with Crippen LogP contribution in [0.1, 0.15) is 17.4 Å². The number of aromatic nitrogens is 3. The molecule has 2 aromatic heterocycles. The Morgan fingerprint density at radius 3 is 2.85 bits per heavy atom. The molecule has 0 aliphatic rings. The molecule has 0 spiro atoms. The second-order valence-electron chi connectivity index (χ2n) is 4.82. The number of nitrogens with two attached hydrogens (primary N) is 1. The van der Waals surface area contributed by atoms with Crippen LogP contribution >= 0.6 is 15.9 Å². The molecule has 1 atom stereocenters. The Balaban J connectivity index is 1.91. The molecule has 5 heteroatoms. The normalized spacial score (nSPS) is 12.8. The molecule has 2 heterocycles. The van der Waals surface area contributed by atoms with Gasteiger partial charge in [-0.1, -0.05) is 12.1 Å². The van der Waals surface area contributed by atoms with Gasteiger partial charge in [0.25, 0.3) is 0 Å². The number of para-hydroxylation sites is 2. The van der Waals surface area contributed by atoms with Gasteiger partial charge in [-0.3, -0.25) is 4.98 Å². The summed E-state index contributed by atoms with van der Waals surface area (Å²) in [4.78, 5) is 8.81. The lowest BCUT2D eigenvalue weighted by molar-refractivity contribution is 0.662. The predicted molar refractivity (Wildman–Crippen MR) is 83.3 cm³/mol. The summed E-state index contributed by atoms with van der Waals surface area (Å²) < 4.78 is 3.04. The van der Waals surface area contributed by atoms with Gasteiger partial charge in [0.1, 0.15) is 5.82 Å². The van der Waals surface area contributed by atoms with Crippen LogP contribution < -0.4 is 5.73 Å². The van der Waals surface area contributed by atoms with Crippen molar-refractivity contribution >= 4 is 27.0 Å². The van der Waals surface area contributed by atoms with Crippen LogP contribution in [0.25, 0.3) is 11.0 Å². The topological polar surface area (TPSA) is 56.7 Å². The number of hydrogen-bond donors (Lipinski definition) is 1. The molecule has 0 bridgehead atoms. The Labute approximate surface area is 125 Å². The Hall–Kier alpha value is -1.72. The van der Waals surface area contributed by atoms with Crippen LogP contribution in [-0.2, 0) is 13.5 Å². The van der Waals surface area contributed by atoms with Gasteiger partial charge < -0.3 is 10.3 Å². The minimum atomic E-state index is -0.115. The smallest absolute Gasteiger partial charge is 0.111 e. The van der Waals surface area contributed by atoms with Crippen LogP contribution in [0.4, 0.5) is 0 Å². The van der Waals surface area contributed by atoms with Crippen molar-refractivity contribution in [3.63, 3.8) is 0 Å². The van der Waals surface area contributed by atoms with Crippen LogP contribution in [0.2, 0.25) is 0 Å². The summed E-state index contributed by atoms with van der Waals surface area (Å²) in [5, 5.41) is 0. The highest BCUT2D eigenvalue weighted by Gasteiger charge is 2.13. The van der Waals surface area contributed by atoms with Crippen molar-refractivity contribution in [3.05, 3.63) is 58.6 Å². The molecule has 4 nitrogen and oxygen atoms in total. The van der Waals surface area contributed by atoms with E-state index in [1.165, 1.54) is 0 Å². The standard InChI is InChI=1S/C15H15BrN4/c1-20-14-5-3-2-4-13(14)19-15(20)7-12(17)10-6-11(16)9-18-8-10/h2-6,8-9,12H,7,17H2,1H3. The van der Waals surface area contributed by atoms with Gasteiger partial charge in [0, 0.05) is 36.4 Å². The summed E-state index contributed by atoms with van der Waals surface area (Å²) in [6, 6.07) is 9.99. The first-order chi connectivity index (χ1) is 9.65. The number of halogens is 1. The Bertz CT molecular complexity index is 750. The first kappa shape index (κ1) is 13.3. The number of nitrogens with zero attached hydrogens (tertiary/aromatic N) is 3. The van der Waals surface area contributed by atoms with E-state index >= 15 is 0 Å². The minimum Gasteiger partial charge on any atom is -0.331 e. The van der Waals surface area contributed by atoms with Crippen molar-refractivity contribution in [1.82, 2.24) is 14.5 Å². The van der Waals surface area contributed by atoms with Crippen LogP contribution in [0, 0.1) is 0 Å². The molecular weight excluding hydrogens is 316 g/mol. The SMILES string of the molecule is Cn1c(CC(N)c2cncc(Br)c2)nc2ccccc21. The van der Waals surface area contributed by atoms with Crippen LogP contribution in [0.15, 0.2) is 47.2 Å². The fraction of sp³-hybridized carbons (Fsp3) is 0.200. The molecular formula is C15H15BrN4. The first-order valence-electron chi connectivity index (χ1n) is 6.41. The molecule has 2 N–H and O–H groups in total. The fourth-order valence-corrected chi connectivity index (χ4v) is 2.71. The highest BCUT2D eigenvalue weighted by atomic mass is 79.9. The molecule has 1 unspecified atom stereocenters. The molecule has 0 saturated heterocycles. The fourth-order valence-electron chi connectivity index (χ4n) is 2.32. The monoisotopic (exact) mass is 330 g/mol. The molecule has 0 amide bonds. The van der Waals surface area contributed by atoms with E-state index in [0.29, 0.717) is 6.42 Å². The van der Waals surface area contributed by atoms with Gasteiger partial charge in [0.2, 0.25) is 0 Å². The average Bonchev–Trinajstić information content (AvgIpc) is 2.76. The average molecular weight is 331 g/mol. The van der Waals surface area contributed by atoms with E-state index in [1.807, 2.05) is 31.3 Å². The number of rotatable bonds is 3. The van der Waals surface area contributed by atoms with Gasteiger partial charge in [-0.15, -0.1) is 0 Å². The van der Waals surface area contributed by atoms with E-state index in [-0.39, 0.29) is 6.04 Å². The molecule has 0 radical (unpaired) electrons. The third-order valence-electron chi connectivity index (χ3n) is 3.44. The molecule has 0 aliphatic heterocycles. The second-order valence-corrected chi connectivity index (χ2v) is 5.74. The molecule has 0 fully saturated rings. The number of fused-ring (bicyclic) bond motifs is 1. The number of imidazole rings is 1. The van der Waals surface area contributed by atoms with Crippen LogP contribution in [0.5, 0.6) is 0 Å². The van der Waals surface area contributed by atoms with Crippen molar-refractivity contribution in [2.75, 3.05) is 0 Å². The maximum atomic E-state index is 6.27. The van der Waals surface area contributed by atoms with Gasteiger partial charge in [-0.2, -0.15) is 0 Å². The lowest BCUT2D eigenvalue weighted by Crippen LogP contribution is -2.16. The van der Waals surface area contributed by atoms with Gasteiger partial charge in [-0.05, 0) is 39.7 Å². The molecule has 102 valence electrons. The van der Waals surface area contributed by atoms with Crippen molar-refractivity contribution in [1.29, 1.82) is 0 Å². The summed E-state index contributed by atoms with van der Waals surface area (Å²) in [6.45, 7) is 0. The van der Waals surface area contributed by atoms with Crippen LogP contribution in [-0.4, -0.2) is 14.5 Å². The molecule has 1 aromatic carbocycles. The van der Waals surface area contributed by atoms with E-state index in [4.69, 9.17) is 5.73 Å². The summed E-state index contributed by atoms with van der Waals surface area (Å²) in [6.07, 6.45) is 4.24. The number of hydrogen-bond acceptors (Lipinski definition) is 3. The Morgan fingerprint density at radius 1 is 1.30 bits per heavy atom. The number of aryl methyl sites for hydroxylation is 1. The zero-order valence-electron chi connectivity index (χ0n) is 11.1. The maximum Gasteiger partial charge on any atom is 0.111 e. The van der Waals surface area contributed by atoms with E-state index in [9.17, 15) is 0 Å². The molecule has 0 saturated carbocycles. The maximum absolute atomic E-state index is 6.27. The summed E-state index contributed by atoms with van der Waals surface area (Å²) in [7, 11) is 2.02. The third kappa shape index (κ3) is 2.46. The predicted octanol–water partition coefficient (Wildman–Crippen LogP) is 2.97. The van der Waals surface area contributed by atoms with Gasteiger partial charge >= 0.3 is 0 Å². The number of pyridine rings is 1. The Kier molecular flexibility index (Phi) is 3.54. The number of benzene rings is 1. The van der Waals surface area contributed by atoms with E-state index < -0.39 is 0 Å². The van der Waals surface area contributed by atoms with Crippen LogP contribution in [0.3, 0.4) is 0 Å². The molecule has 3 rings (SSSR count). The van der Waals surface area contributed by atoms with Gasteiger partial charge in [0.05, 0.1) is 11.0 Å². The zero-order valence-corrected chi connectivity index (χ0v) is 12.7. The second kappa shape index (κ2) is 5.34. The molecule has 0 aliphatic carbocycles. The summed E-state index contributed by atoms with van der Waals surface area (Å²) >= 11 is 3.42. The summed E-state index contributed by atoms with van der Waals surface area (Å²) in [5.74, 6) is 0.985. The van der Waals surface area contributed by atoms with E-state index in [2.05, 4.69) is 36.5 Å². The largest absolute Gasteiger partial charge is 0.331 e. The quantitative estimate of drug-likeness (QED) is 0.803. The zero-order chi connectivity index (χ0) is 14.1. The lowest BCUT2D eigenvalue weighted by atomic mass is 10.1. The van der Waals surface area contributed by atoms with Gasteiger partial charge in [-0.25, -0.2) is 4.98 Å². The minimum absolute atomic E-state index is 0.115. The molecule has 20 heavy (non-hydrogen) atoms. The highest BCUT2D eigenvalue weighted by Crippen LogP contribution is 2.21. The molecule has 3 aromatic rings. The highest BCUT2D eigenvalue weighted by molar-refractivity contribution is 9.10. The Morgan fingerprint density at radius 2 is 2.10 bits per heavy atom. The van der Waals surface area contributed by atoms with E-state index in [0.717, 1.165) is 26.9 Å². The van der Waals surface area contributed by atoms with E-state index in [1.54, 1.807) is 12.4 Å². The van der Waals surface area contributed by atoms with Crippen molar-refractivity contribution in [3.8, 4) is 0 Å². The summed E-state index contributed by atoms with van der Waals surface area (Å²) in [5.41, 5.74) is 9.41. The van der Waals surface area contributed by atoms with Gasteiger partial charge in [0.15, 0.2) is 0 Å². The van der Waals surface area contributed by atoms with Crippen molar-refractivity contribution in [2.45, 2.75) is 12.5 Å².